The van der Waals surface area contributed by atoms with Gasteiger partial charge in [-0.25, -0.2) is 4.79 Å². The number of hydrogen-bond donors (Lipinski definition) is 0. The molecule has 0 unspecified atom stereocenters. The lowest BCUT2D eigenvalue weighted by Gasteiger charge is -2.30. The Morgan fingerprint density at radius 1 is 0.720 bits per heavy atom. The molecule has 0 saturated heterocycles. The standard InChI is InChI=1S/C21H18O2S2/c1-23-20(22)21(17-11-5-2-6-12-17,24-18-13-7-3-8-14-18)25-19-15-9-4-10-16-19/h2-16H,1H3. The number of benzene rings is 3. The third-order valence-electron chi connectivity index (χ3n) is 3.62. The van der Waals surface area contributed by atoms with E-state index in [0.717, 1.165) is 15.4 Å². The second-order valence-corrected chi connectivity index (χ2v) is 8.14. The van der Waals surface area contributed by atoms with Gasteiger partial charge in [0, 0.05) is 9.79 Å². The van der Waals surface area contributed by atoms with E-state index in [0.29, 0.717) is 0 Å². The summed E-state index contributed by atoms with van der Waals surface area (Å²) >= 11 is 3.01. The maximum absolute atomic E-state index is 13.0. The Hall–Kier alpha value is -2.17. The van der Waals surface area contributed by atoms with Crippen molar-refractivity contribution in [2.45, 2.75) is 13.9 Å². The average Bonchev–Trinajstić information content (AvgIpc) is 2.69. The molecule has 0 spiro atoms. The predicted octanol–water partition coefficient (Wildman–Crippen LogP) is 5.60. The van der Waals surface area contributed by atoms with Crippen molar-refractivity contribution in [1.29, 1.82) is 0 Å². The quantitative estimate of drug-likeness (QED) is 0.322. The summed E-state index contributed by atoms with van der Waals surface area (Å²) in [7, 11) is 1.44. The molecule has 0 aliphatic heterocycles. The summed E-state index contributed by atoms with van der Waals surface area (Å²) in [5, 5.41) is 0. The van der Waals surface area contributed by atoms with E-state index in [1.165, 1.54) is 30.6 Å². The Morgan fingerprint density at radius 3 is 1.52 bits per heavy atom. The Labute approximate surface area is 156 Å². The molecule has 0 aliphatic carbocycles. The van der Waals surface area contributed by atoms with Gasteiger partial charge in [-0.05, 0) is 29.8 Å². The van der Waals surface area contributed by atoms with E-state index in [1.807, 2.05) is 91.0 Å². The van der Waals surface area contributed by atoms with Gasteiger partial charge in [0.25, 0.3) is 0 Å². The molecule has 0 radical (unpaired) electrons. The molecule has 0 saturated carbocycles. The van der Waals surface area contributed by atoms with Crippen LogP contribution in [0.3, 0.4) is 0 Å². The fourth-order valence-electron chi connectivity index (χ4n) is 2.44. The van der Waals surface area contributed by atoms with E-state index in [2.05, 4.69) is 0 Å². The second kappa shape index (κ2) is 8.28. The molecule has 25 heavy (non-hydrogen) atoms. The van der Waals surface area contributed by atoms with Crippen LogP contribution in [0.25, 0.3) is 0 Å². The molecule has 0 fully saturated rings. The molecular formula is C21H18O2S2. The predicted molar refractivity (Wildman–Crippen MR) is 105 cm³/mol. The second-order valence-electron chi connectivity index (χ2n) is 5.30. The van der Waals surface area contributed by atoms with Gasteiger partial charge in [0.1, 0.15) is 0 Å². The van der Waals surface area contributed by atoms with Crippen molar-refractivity contribution in [3.63, 3.8) is 0 Å². The lowest BCUT2D eigenvalue weighted by Crippen LogP contribution is -2.30. The van der Waals surface area contributed by atoms with Gasteiger partial charge in [0.15, 0.2) is 4.08 Å². The average molecular weight is 367 g/mol. The Kier molecular flexibility index (Phi) is 5.84. The minimum atomic E-state index is -0.918. The Bertz CT molecular complexity index is 764. The highest BCUT2D eigenvalue weighted by Crippen LogP contribution is 2.53. The van der Waals surface area contributed by atoms with Gasteiger partial charge in [-0.15, -0.1) is 0 Å². The van der Waals surface area contributed by atoms with Crippen molar-refractivity contribution < 1.29 is 9.53 Å². The first-order valence-electron chi connectivity index (χ1n) is 7.87. The molecule has 0 heterocycles. The topological polar surface area (TPSA) is 26.3 Å². The highest BCUT2D eigenvalue weighted by Gasteiger charge is 2.44. The molecule has 126 valence electrons. The van der Waals surface area contributed by atoms with Gasteiger partial charge in [0.05, 0.1) is 7.11 Å². The highest BCUT2D eigenvalue weighted by molar-refractivity contribution is 8.18. The number of carbonyl (C=O) groups is 1. The van der Waals surface area contributed by atoms with E-state index >= 15 is 0 Å². The van der Waals surface area contributed by atoms with E-state index in [1.54, 1.807) is 0 Å². The molecule has 0 aromatic heterocycles. The summed E-state index contributed by atoms with van der Waals surface area (Å²) < 4.78 is 4.32. The molecular weight excluding hydrogens is 348 g/mol. The summed E-state index contributed by atoms with van der Waals surface area (Å²) in [6.45, 7) is 0. The van der Waals surface area contributed by atoms with Gasteiger partial charge in [-0.2, -0.15) is 0 Å². The zero-order valence-corrected chi connectivity index (χ0v) is 15.4. The first kappa shape index (κ1) is 17.6. The van der Waals surface area contributed by atoms with Crippen LogP contribution < -0.4 is 0 Å². The molecule has 3 rings (SSSR count). The van der Waals surface area contributed by atoms with Crippen LogP contribution in [-0.4, -0.2) is 13.1 Å². The molecule has 4 heteroatoms. The molecule has 0 atom stereocenters. The van der Waals surface area contributed by atoms with E-state index in [4.69, 9.17) is 4.74 Å². The minimum Gasteiger partial charge on any atom is -0.467 e. The summed E-state index contributed by atoms with van der Waals surface area (Å²) in [6, 6.07) is 29.7. The zero-order valence-electron chi connectivity index (χ0n) is 13.8. The van der Waals surface area contributed by atoms with Crippen molar-refractivity contribution in [3.8, 4) is 0 Å². The van der Waals surface area contributed by atoms with Crippen molar-refractivity contribution in [2.24, 2.45) is 0 Å². The summed E-state index contributed by atoms with van der Waals surface area (Å²) in [5.41, 5.74) is 0.907. The van der Waals surface area contributed by atoms with Crippen molar-refractivity contribution in [3.05, 3.63) is 96.6 Å². The van der Waals surface area contributed by atoms with Crippen molar-refractivity contribution in [2.75, 3.05) is 7.11 Å². The van der Waals surface area contributed by atoms with Gasteiger partial charge >= 0.3 is 5.97 Å². The minimum absolute atomic E-state index is 0.276. The number of ether oxygens (including phenoxy) is 1. The number of rotatable bonds is 6. The number of thioether (sulfide) groups is 2. The SMILES string of the molecule is COC(=O)C(Sc1ccccc1)(Sc1ccccc1)c1ccccc1. The molecule has 3 aromatic rings. The molecule has 0 bridgehead atoms. The summed E-state index contributed by atoms with van der Waals surface area (Å²) in [4.78, 5) is 15.0. The highest BCUT2D eigenvalue weighted by atomic mass is 32.2. The third kappa shape index (κ3) is 4.09. The maximum atomic E-state index is 13.0. The van der Waals surface area contributed by atoms with Crippen LogP contribution in [0.2, 0.25) is 0 Å². The van der Waals surface area contributed by atoms with Crippen LogP contribution in [0.5, 0.6) is 0 Å². The van der Waals surface area contributed by atoms with Gasteiger partial charge in [0.2, 0.25) is 0 Å². The van der Waals surface area contributed by atoms with Crippen molar-refractivity contribution in [1.82, 2.24) is 0 Å². The van der Waals surface area contributed by atoms with Gasteiger partial charge in [-0.3, -0.25) is 0 Å². The smallest absolute Gasteiger partial charge is 0.337 e. The summed E-state index contributed by atoms with van der Waals surface area (Å²) in [6.07, 6.45) is 0. The zero-order chi connectivity index (χ0) is 17.5. The van der Waals surface area contributed by atoms with E-state index < -0.39 is 4.08 Å². The monoisotopic (exact) mass is 366 g/mol. The fraction of sp³-hybridized carbons (Fsp3) is 0.0952. The first-order valence-corrected chi connectivity index (χ1v) is 9.50. The lowest BCUT2D eigenvalue weighted by molar-refractivity contribution is -0.141. The number of esters is 1. The van der Waals surface area contributed by atoms with Crippen LogP contribution in [0, 0.1) is 0 Å². The van der Waals surface area contributed by atoms with Crippen LogP contribution >= 0.6 is 23.5 Å². The lowest BCUT2D eigenvalue weighted by atomic mass is 10.1. The Morgan fingerprint density at radius 2 is 1.12 bits per heavy atom. The third-order valence-corrected chi connectivity index (χ3v) is 6.51. The maximum Gasteiger partial charge on any atom is 0.337 e. The van der Waals surface area contributed by atoms with Crippen LogP contribution in [-0.2, 0) is 13.6 Å². The largest absolute Gasteiger partial charge is 0.467 e. The molecule has 0 N–H and O–H groups in total. The van der Waals surface area contributed by atoms with Crippen LogP contribution in [0.4, 0.5) is 0 Å². The fourth-order valence-corrected chi connectivity index (χ4v) is 5.28. The van der Waals surface area contributed by atoms with Crippen LogP contribution in [0.1, 0.15) is 5.56 Å². The number of methoxy groups -OCH3 is 1. The number of carbonyl (C=O) groups excluding carboxylic acids is 1. The molecule has 0 aliphatic rings. The Balaban J connectivity index is 2.11. The van der Waals surface area contributed by atoms with Gasteiger partial charge in [-0.1, -0.05) is 90.3 Å². The number of hydrogen-bond acceptors (Lipinski definition) is 4. The molecule has 0 amide bonds. The van der Waals surface area contributed by atoms with Gasteiger partial charge < -0.3 is 4.74 Å². The molecule has 3 aromatic carbocycles. The van der Waals surface area contributed by atoms with Crippen molar-refractivity contribution >= 4 is 29.5 Å². The first-order chi connectivity index (χ1) is 12.2. The van der Waals surface area contributed by atoms with Crippen LogP contribution in [0.15, 0.2) is 101 Å². The summed E-state index contributed by atoms with van der Waals surface area (Å²) in [5.74, 6) is -0.276. The van der Waals surface area contributed by atoms with E-state index in [9.17, 15) is 4.79 Å². The molecule has 2 nitrogen and oxygen atoms in total. The van der Waals surface area contributed by atoms with E-state index in [-0.39, 0.29) is 5.97 Å². The normalized spacial score (nSPS) is 11.1.